The van der Waals surface area contributed by atoms with Crippen molar-refractivity contribution in [2.24, 2.45) is 0 Å². The molecule has 1 aliphatic rings. The van der Waals surface area contributed by atoms with E-state index in [0.29, 0.717) is 6.42 Å². The number of cyclic esters (lactones) is 1. The van der Waals surface area contributed by atoms with Crippen molar-refractivity contribution in [3.63, 3.8) is 0 Å². The third-order valence-electron chi connectivity index (χ3n) is 3.74. The molecule has 0 bridgehead atoms. The van der Waals surface area contributed by atoms with Crippen molar-refractivity contribution in [3.8, 4) is 11.5 Å². The highest BCUT2D eigenvalue weighted by molar-refractivity contribution is 6.33. The minimum Gasteiger partial charge on any atom is -0.507 e. The number of carbonyl (C=O) groups excluding carboxylic acids is 1. The topological polar surface area (TPSA) is 87.0 Å². The maximum absolute atomic E-state index is 12.4. The number of aliphatic hydroxyl groups excluding tert-OH is 1. The summed E-state index contributed by atoms with van der Waals surface area (Å²) >= 11 is 6.09. The predicted octanol–water partition coefficient (Wildman–Crippen LogP) is 3.50. The van der Waals surface area contributed by atoms with Crippen molar-refractivity contribution in [3.05, 3.63) is 46.5 Å². The molecule has 1 aromatic rings. The maximum atomic E-state index is 12.4. The summed E-state index contributed by atoms with van der Waals surface area (Å²) < 4.78 is 5.34. The Morgan fingerprint density at radius 1 is 1.17 bits per heavy atom. The maximum Gasteiger partial charge on any atom is 0.342 e. The standard InChI is InChI=1S/C18H21ClO5/c1-11-7-5-3-2-4-6-8-12(20)9-13-16(18(23)24-11)14(21)10-15(22)17(13)19/h3,5-6,8,10-12,20-22H,2,4,7,9H2,1H3/t11-,12?/m1/s1. The van der Waals surface area contributed by atoms with E-state index in [1.807, 2.05) is 18.2 Å². The van der Waals surface area contributed by atoms with Crippen LogP contribution in [0, 0.1) is 0 Å². The largest absolute Gasteiger partial charge is 0.507 e. The van der Waals surface area contributed by atoms with Gasteiger partial charge in [-0.05, 0) is 25.3 Å². The second-order valence-corrected chi connectivity index (χ2v) is 6.16. The van der Waals surface area contributed by atoms with E-state index in [4.69, 9.17) is 16.3 Å². The summed E-state index contributed by atoms with van der Waals surface area (Å²) in [5, 5.41) is 29.9. The van der Waals surface area contributed by atoms with Crippen molar-refractivity contribution in [1.29, 1.82) is 0 Å². The second kappa shape index (κ2) is 8.22. The van der Waals surface area contributed by atoms with E-state index in [2.05, 4.69) is 0 Å². The van der Waals surface area contributed by atoms with Crippen LogP contribution in [0.5, 0.6) is 11.5 Å². The van der Waals surface area contributed by atoms with Crippen LogP contribution in [0.25, 0.3) is 0 Å². The molecule has 1 aromatic carbocycles. The van der Waals surface area contributed by atoms with Gasteiger partial charge in [0.1, 0.15) is 23.2 Å². The van der Waals surface area contributed by atoms with E-state index in [9.17, 15) is 20.1 Å². The molecule has 6 heteroatoms. The Morgan fingerprint density at radius 2 is 1.88 bits per heavy atom. The van der Waals surface area contributed by atoms with E-state index in [1.54, 1.807) is 13.0 Å². The Labute approximate surface area is 145 Å². The number of benzene rings is 1. The lowest BCUT2D eigenvalue weighted by Crippen LogP contribution is -2.18. The summed E-state index contributed by atoms with van der Waals surface area (Å²) in [4.78, 5) is 12.4. The number of hydrogen-bond donors (Lipinski definition) is 3. The molecule has 1 unspecified atom stereocenters. The third kappa shape index (κ3) is 4.52. The number of halogens is 1. The van der Waals surface area contributed by atoms with Gasteiger partial charge in [-0.15, -0.1) is 0 Å². The first-order chi connectivity index (χ1) is 11.4. The number of allylic oxidation sites excluding steroid dienone is 2. The Bertz CT molecular complexity index is 666. The second-order valence-electron chi connectivity index (χ2n) is 5.78. The highest BCUT2D eigenvalue weighted by Gasteiger charge is 2.25. The van der Waals surface area contributed by atoms with Gasteiger partial charge in [0.2, 0.25) is 0 Å². The third-order valence-corrected chi connectivity index (χ3v) is 4.16. The molecule has 3 N–H and O–H groups in total. The molecule has 1 aliphatic heterocycles. The number of fused-ring (bicyclic) bond motifs is 1. The predicted molar refractivity (Wildman–Crippen MR) is 91.5 cm³/mol. The van der Waals surface area contributed by atoms with Crippen LogP contribution in [0.1, 0.15) is 42.1 Å². The van der Waals surface area contributed by atoms with Crippen LogP contribution in [0.2, 0.25) is 5.02 Å². The molecule has 130 valence electrons. The van der Waals surface area contributed by atoms with Crippen LogP contribution in [-0.4, -0.2) is 33.5 Å². The lowest BCUT2D eigenvalue weighted by Gasteiger charge is -2.18. The highest BCUT2D eigenvalue weighted by Crippen LogP contribution is 2.37. The van der Waals surface area contributed by atoms with E-state index >= 15 is 0 Å². The number of carbonyl (C=O) groups is 1. The van der Waals surface area contributed by atoms with Gasteiger partial charge in [-0.25, -0.2) is 4.79 Å². The lowest BCUT2D eigenvalue weighted by atomic mass is 9.99. The van der Waals surface area contributed by atoms with Gasteiger partial charge < -0.3 is 20.1 Å². The number of esters is 1. The molecule has 1 heterocycles. The molecule has 0 spiro atoms. The van der Waals surface area contributed by atoms with Gasteiger partial charge in [-0.3, -0.25) is 0 Å². The van der Waals surface area contributed by atoms with Crippen molar-refractivity contribution < 1.29 is 24.9 Å². The summed E-state index contributed by atoms with van der Waals surface area (Å²) in [7, 11) is 0. The Morgan fingerprint density at radius 3 is 2.62 bits per heavy atom. The molecule has 0 saturated heterocycles. The number of hydrogen-bond acceptors (Lipinski definition) is 5. The van der Waals surface area contributed by atoms with Crippen LogP contribution < -0.4 is 0 Å². The molecule has 0 aromatic heterocycles. The molecule has 0 amide bonds. The van der Waals surface area contributed by atoms with Crippen LogP contribution in [0.3, 0.4) is 0 Å². The monoisotopic (exact) mass is 352 g/mol. The highest BCUT2D eigenvalue weighted by atomic mass is 35.5. The summed E-state index contributed by atoms with van der Waals surface area (Å²) in [5.41, 5.74) is 0.0363. The van der Waals surface area contributed by atoms with Gasteiger partial charge in [0, 0.05) is 18.9 Å². The number of phenolic OH excluding ortho intramolecular Hbond substituents is 2. The number of phenols is 2. The van der Waals surface area contributed by atoms with Gasteiger partial charge in [0.05, 0.1) is 11.1 Å². The Balaban J connectivity index is 2.47. The van der Waals surface area contributed by atoms with Crippen LogP contribution in [0.4, 0.5) is 0 Å². The smallest absolute Gasteiger partial charge is 0.342 e. The molecule has 2 rings (SSSR count). The molecular weight excluding hydrogens is 332 g/mol. The SMILES string of the molecule is C[C@@H]1CC=CCCC=CC(O)Cc2c(Cl)c(O)cc(O)c2C(=O)O1. The molecule has 2 atom stereocenters. The fraction of sp³-hybridized carbons (Fsp3) is 0.389. The normalized spacial score (nSPS) is 22.5. The molecule has 0 aliphatic carbocycles. The summed E-state index contributed by atoms with van der Waals surface area (Å²) in [5.74, 6) is -1.52. The number of aliphatic hydroxyl groups is 1. The number of ether oxygens (including phenoxy) is 1. The molecule has 5 nitrogen and oxygen atoms in total. The van der Waals surface area contributed by atoms with Crippen molar-refractivity contribution in [2.75, 3.05) is 0 Å². The summed E-state index contributed by atoms with van der Waals surface area (Å²) in [6.45, 7) is 1.75. The van der Waals surface area contributed by atoms with E-state index in [0.717, 1.165) is 18.9 Å². The number of aromatic hydroxyl groups is 2. The van der Waals surface area contributed by atoms with E-state index in [-0.39, 0.29) is 34.4 Å². The quantitative estimate of drug-likeness (QED) is 0.491. The first-order valence-corrected chi connectivity index (χ1v) is 8.22. The Hall–Kier alpha value is -1.98. The lowest BCUT2D eigenvalue weighted by molar-refractivity contribution is 0.0343. The minimum absolute atomic E-state index is 0.0219. The van der Waals surface area contributed by atoms with Crippen molar-refractivity contribution in [2.45, 2.75) is 44.8 Å². The zero-order chi connectivity index (χ0) is 17.7. The van der Waals surface area contributed by atoms with Gasteiger partial charge in [0.15, 0.2) is 0 Å². The van der Waals surface area contributed by atoms with E-state index in [1.165, 1.54) is 0 Å². The fourth-order valence-electron chi connectivity index (χ4n) is 2.52. The molecule has 24 heavy (non-hydrogen) atoms. The van der Waals surface area contributed by atoms with Gasteiger partial charge in [-0.2, -0.15) is 0 Å². The first-order valence-electron chi connectivity index (χ1n) is 7.84. The molecular formula is C18H21ClO5. The minimum atomic E-state index is -0.903. The van der Waals surface area contributed by atoms with Crippen LogP contribution >= 0.6 is 11.6 Å². The zero-order valence-corrected chi connectivity index (χ0v) is 14.2. The number of rotatable bonds is 0. The first kappa shape index (κ1) is 18.4. The van der Waals surface area contributed by atoms with Crippen LogP contribution in [0.15, 0.2) is 30.4 Å². The van der Waals surface area contributed by atoms with E-state index < -0.39 is 17.8 Å². The summed E-state index contributed by atoms with van der Waals surface area (Å²) in [6.07, 6.45) is 8.22. The van der Waals surface area contributed by atoms with Gasteiger partial charge in [-0.1, -0.05) is 35.9 Å². The molecule has 0 radical (unpaired) electrons. The fourth-order valence-corrected chi connectivity index (χ4v) is 2.75. The van der Waals surface area contributed by atoms with Crippen LogP contribution in [-0.2, 0) is 11.2 Å². The Kier molecular flexibility index (Phi) is 6.29. The average molecular weight is 353 g/mol. The van der Waals surface area contributed by atoms with Gasteiger partial charge in [0.25, 0.3) is 0 Å². The average Bonchev–Trinajstić information content (AvgIpc) is 2.50. The van der Waals surface area contributed by atoms with Crippen molar-refractivity contribution >= 4 is 17.6 Å². The molecule has 0 fully saturated rings. The zero-order valence-electron chi connectivity index (χ0n) is 13.4. The summed E-state index contributed by atoms with van der Waals surface area (Å²) in [6, 6.07) is 0.998. The molecule has 0 saturated carbocycles. The van der Waals surface area contributed by atoms with Crippen molar-refractivity contribution in [1.82, 2.24) is 0 Å². The van der Waals surface area contributed by atoms with Gasteiger partial charge >= 0.3 is 5.97 Å².